The molecule has 0 aromatic carbocycles. The lowest BCUT2D eigenvalue weighted by molar-refractivity contribution is 0.809. The van der Waals surface area contributed by atoms with E-state index in [-0.39, 0.29) is 0 Å². The highest BCUT2D eigenvalue weighted by Gasteiger charge is 1.88. The molecule has 70 valence electrons. The molecule has 0 aliphatic heterocycles. The average molecular weight is 197 g/mol. The fourth-order valence-corrected chi connectivity index (χ4v) is 1.15. The quantitative estimate of drug-likeness (QED) is 0.591. The number of pyridine rings is 1. The van der Waals surface area contributed by atoms with Gasteiger partial charge in [0.25, 0.3) is 0 Å². The van der Waals surface area contributed by atoms with Crippen LogP contribution in [0.4, 0.5) is 0 Å². The zero-order chi connectivity index (χ0) is 9.52. The van der Waals surface area contributed by atoms with Crippen molar-refractivity contribution < 1.29 is 0 Å². The summed E-state index contributed by atoms with van der Waals surface area (Å²) in [5, 5.41) is 3.61. The molecule has 0 bridgehead atoms. The van der Waals surface area contributed by atoms with Crippen molar-refractivity contribution in [2.75, 3.05) is 13.6 Å². The molecular weight excluding hydrogens is 184 g/mol. The van der Waals surface area contributed by atoms with Gasteiger partial charge in [-0.25, -0.2) is 4.98 Å². The van der Waals surface area contributed by atoms with Gasteiger partial charge in [-0.15, -0.1) is 0 Å². The molecule has 0 amide bonds. The van der Waals surface area contributed by atoms with Crippen LogP contribution < -0.4 is 5.32 Å². The Morgan fingerprint density at radius 1 is 1.62 bits per heavy atom. The Labute approximate surface area is 83.6 Å². The van der Waals surface area contributed by atoms with Crippen molar-refractivity contribution in [2.24, 2.45) is 0 Å². The van der Waals surface area contributed by atoms with E-state index >= 15 is 0 Å². The SMILES string of the molecule is CNCCC=Cc1ccnc(Cl)c1. The molecule has 1 N–H and O–H groups in total. The van der Waals surface area contributed by atoms with Crippen molar-refractivity contribution in [3.8, 4) is 0 Å². The Bertz CT molecular complexity index is 284. The van der Waals surface area contributed by atoms with Gasteiger partial charge in [0.05, 0.1) is 0 Å². The molecule has 1 aromatic rings. The van der Waals surface area contributed by atoms with E-state index in [0.717, 1.165) is 18.5 Å². The number of nitrogens with zero attached hydrogens (tertiary/aromatic N) is 1. The zero-order valence-corrected chi connectivity index (χ0v) is 8.38. The van der Waals surface area contributed by atoms with Gasteiger partial charge in [-0.1, -0.05) is 23.8 Å². The van der Waals surface area contributed by atoms with Crippen molar-refractivity contribution in [1.82, 2.24) is 10.3 Å². The highest BCUT2D eigenvalue weighted by Crippen LogP contribution is 2.08. The average Bonchev–Trinajstić information content (AvgIpc) is 2.13. The molecule has 0 radical (unpaired) electrons. The van der Waals surface area contributed by atoms with E-state index in [1.807, 2.05) is 25.3 Å². The largest absolute Gasteiger partial charge is 0.319 e. The lowest BCUT2D eigenvalue weighted by Gasteiger charge is -1.94. The van der Waals surface area contributed by atoms with Crippen molar-refractivity contribution in [3.05, 3.63) is 35.1 Å². The maximum atomic E-state index is 5.73. The molecular formula is C10H13ClN2. The molecule has 1 heterocycles. The minimum Gasteiger partial charge on any atom is -0.319 e. The first kappa shape index (κ1) is 10.2. The Hall–Kier alpha value is -0.860. The highest BCUT2D eigenvalue weighted by atomic mass is 35.5. The fraction of sp³-hybridized carbons (Fsp3) is 0.300. The second-order valence-electron chi connectivity index (χ2n) is 2.71. The zero-order valence-electron chi connectivity index (χ0n) is 7.63. The van der Waals surface area contributed by atoms with Crippen LogP contribution in [0.5, 0.6) is 0 Å². The maximum absolute atomic E-state index is 5.73. The van der Waals surface area contributed by atoms with Gasteiger partial charge in [-0.3, -0.25) is 0 Å². The first-order chi connectivity index (χ1) is 6.33. The Kier molecular flexibility index (Phi) is 4.50. The van der Waals surface area contributed by atoms with Crippen molar-refractivity contribution in [2.45, 2.75) is 6.42 Å². The maximum Gasteiger partial charge on any atom is 0.129 e. The standard InChI is InChI=1S/C10H13ClN2/c1-12-6-3-2-4-9-5-7-13-10(11)8-9/h2,4-5,7-8,12H,3,6H2,1H3. The summed E-state index contributed by atoms with van der Waals surface area (Å²) < 4.78 is 0. The van der Waals surface area contributed by atoms with E-state index in [9.17, 15) is 0 Å². The molecule has 0 fully saturated rings. The van der Waals surface area contributed by atoms with E-state index < -0.39 is 0 Å². The summed E-state index contributed by atoms with van der Waals surface area (Å²) in [7, 11) is 1.94. The van der Waals surface area contributed by atoms with Gasteiger partial charge in [0.2, 0.25) is 0 Å². The number of hydrogen-bond donors (Lipinski definition) is 1. The number of rotatable bonds is 4. The third-order valence-electron chi connectivity index (χ3n) is 1.62. The summed E-state index contributed by atoms with van der Waals surface area (Å²) in [5.41, 5.74) is 1.09. The minimum atomic E-state index is 0.538. The molecule has 1 rings (SSSR count). The molecule has 2 nitrogen and oxygen atoms in total. The summed E-state index contributed by atoms with van der Waals surface area (Å²) >= 11 is 5.73. The van der Waals surface area contributed by atoms with Crippen molar-refractivity contribution >= 4 is 17.7 Å². The van der Waals surface area contributed by atoms with Crippen LogP contribution in [0.3, 0.4) is 0 Å². The molecule has 0 aliphatic rings. The fourth-order valence-electron chi connectivity index (χ4n) is 0.968. The molecule has 3 heteroatoms. The van der Waals surface area contributed by atoms with Gasteiger partial charge < -0.3 is 5.32 Å². The van der Waals surface area contributed by atoms with Crippen LogP contribution in [0, 0.1) is 0 Å². The summed E-state index contributed by atoms with van der Waals surface area (Å²) in [4.78, 5) is 3.90. The predicted molar refractivity (Wildman–Crippen MR) is 56.8 cm³/mol. The summed E-state index contributed by atoms with van der Waals surface area (Å²) in [5.74, 6) is 0. The second-order valence-corrected chi connectivity index (χ2v) is 3.09. The van der Waals surface area contributed by atoms with E-state index in [0.29, 0.717) is 5.15 Å². The van der Waals surface area contributed by atoms with E-state index in [1.165, 1.54) is 0 Å². The van der Waals surface area contributed by atoms with Gasteiger partial charge in [0.1, 0.15) is 5.15 Å². The summed E-state index contributed by atoms with van der Waals surface area (Å²) in [6.07, 6.45) is 6.89. The molecule has 0 spiro atoms. The van der Waals surface area contributed by atoms with Crippen molar-refractivity contribution in [3.63, 3.8) is 0 Å². The van der Waals surface area contributed by atoms with Gasteiger partial charge in [0.15, 0.2) is 0 Å². The van der Waals surface area contributed by atoms with Crippen molar-refractivity contribution in [1.29, 1.82) is 0 Å². The molecule has 13 heavy (non-hydrogen) atoms. The Morgan fingerprint density at radius 2 is 2.46 bits per heavy atom. The number of nitrogens with one attached hydrogen (secondary N) is 1. The third kappa shape index (κ3) is 4.06. The number of hydrogen-bond acceptors (Lipinski definition) is 2. The molecule has 0 saturated carbocycles. The molecule has 0 saturated heterocycles. The van der Waals surface area contributed by atoms with Crippen LogP contribution in [0.25, 0.3) is 6.08 Å². The first-order valence-corrected chi connectivity index (χ1v) is 4.63. The van der Waals surface area contributed by atoms with Gasteiger partial charge in [-0.05, 0) is 37.7 Å². The van der Waals surface area contributed by atoms with Gasteiger partial charge in [-0.2, -0.15) is 0 Å². The molecule has 0 aliphatic carbocycles. The predicted octanol–water partition coefficient (Wildman–Crippen LogP) is 2.36. The summed E-state index contributed by atoms with van der Waals surface area (Å²) in [6, 6.07) is 3.78. The minimum absolute atomic E-state index is 0.538. The number of halogens is 1. The van der Waals surface area contributed by atoms with Crippen LogP contribution in [0.15, 0.2) is 24.4 Å². The first-order valence-electron chi connectivity index (χ1n) is 4.25. The molecule has 1 aromatic heterocycles. The van der Waals surface area contributed by atoms with E-state index in [2.05, 4.69) is 16.4 Å². The van der Waals surface area contributed by atoms with Crippen LogP contribution in [-0.4, -0.2) is 18.6 Å². The van der Waals surface area contributed by atoms with Crippen LogP contribution >= 0.6 is 11.6 Å². The topological polar surface area (TPSA) is 24.9 Å². The normalized spacial score (nSPS) is 10.9. The second kappa shape index (κ2) is 5.73. The number of aromatic nitrogens is 1. The van der Waals surface area contributed by atoms with E-state index in [4.69, 9.17) is 11.6 Å². The molecule has 0 unspecified atom stereocenters. The van der Waals surface area contributed by atoms with E-state index in [1.54, 1.807) is 6.20 Å². The molecule has 0 atom stereocenters. The lowest BCUT2D eigenvalue weighted by Crippen LogP contribution is -2.05. The van der Waals surface area contributed by atoms with Crippen LogP contribution in [0.2, 0.25) is 5.15 Å². The lowest BCUT2D eigenvalue weighted by atomic mass is 10.2. The van der Waals surface area contributed by atoms with Crippen LogP contribution in [-0.2, 0) is 0 Å². The van der Waals surface area contributed by atoms with Gasteiger partial charge in [0, 0.05) is 6.20 Å². The smallest absolute Gasteiger partial charge is 0.129 e. The third-order valence-corrected chi connectivity index (χ3v) is 1.83. The highest BCUT2D eigenvalue weighted by molar-refractivity contribution is 6.29. The Morgan fingerprint density at radius 3 is 3.15 bits per heavy atom. The van der Waals surface area contributed by atoms with Crippen LogP contribution in [0.1, 0.15) is 12.0 Å². The Balaban J connectivity index is 2.48. The van der Waals surface area contributed by atoms with Gasteiger partial charge >= 0.3 is 0 Å². The summed E-state index contributed by atoms with van der Waals surface area (Å²) in [6.45, 7) is 0.995. The monoisotopic (exact) mass is 196 g/mol.